The lowest BCUT2D eigenvalue weighted by Crippen LogP contribution is -2.13. The van der Waals surface area contributed by atoms with Gasteiger partial charge in [-0.1, -0.05) is 31.0 Å². The number of rotatable bonds is 5. The van der Waals surface area contributed by atoms with Crippen LogP contribution in [0.25, 0.3) is 0 Å². The highest BCUT2D eigenvalue weighted by molar-refractivity contribution is 7.11. The molecule has 0 bridgehead atoms. The minimum absolute atomic E-state index is 0.653. The third-order valence-corrected chi connectivity index (χ3v) is 4.19. The zero-order valence-corrected chi connectivity index (χ0v) is 10.9. The highest BCUT2D eigenvalue weighted by atomic mass is 35.5. The highest BCUT2D eigenvalue weighted by Crippen LogP contribution is 2.35. The fourth-order valence-electron chi connectivity index (χ4n) is 2.09. The van der Waals surface area contributed by atoms with E-state index in [4.69, 9.17) is 11.6 Å². The number of nitrogens with one attached hydrogen (secondary N) is 1. The van der Waals surface area contributed by atoms with Crippen LogP contribution in [0.1, 0.15) is 41.5 Å². The zero-order valence-electron chi connectivity index (χ0n) is 9.34. The van der Waals surface area contributed by atoms with Gasteiger partial charge in [-0.25, -0.2) is 4.98 Å². The van der Waals surface area contributed by atoms with Gasteiger partial charge in [-0.2, -0.15) is 0 Å². The molecule has 1 aliphatic carbocycles. The Labute approximate surface area is 106 Å². The van der Waals surface area contributed by atoms with E-state index in [1.807, 2.05) is 17.5 Å². The fraction of sp³-hybridized carbons (Fsp3) is 0.583. The van der Waals surface area contributed by atoms with Crippen LogP contribution in [0.4, 0.5) is 0 Å². The van der Waals surface area contributed by atoms with E-state index in [0.717, 1.165) is 12.5 Å². The average Bonchev–Trinajstić information content (AvgIpc) is 2.85. The molecule has 1 N–H and O–H groups in total. The third-order valence-electron chi connectivity index (χ3n) is 2.89. The molecule has 1 aromatic heterocycles. The summed E-state index contributed by atoms with van der Waals surface area (Å²) in [5, 5.41) is 5.22. The molecule has 2 rings (SSSR count). The molecule has 0 radical (unpaired) electrons. The van der Waals surface area contributed by atoms with Crippen molar-refractivity contribution in [3.63, 3.8) is 0 Å². The smallest absolute Gasteiger partial charge is 0.0959 e. The molecule has 0 unspecified atom stereocenters. The minimum atomic E-state index is 0.653. The molecule has 1 saturated carbocycles. The van der Waals surface area contributed by atoms with Crippen LogP contribution in [-0.4, -0.2) is 11.5 Å². The molecule has 0 spiro atoms. The van der Waals surface area contributed by atoms with Gasteiger partial charge < -0.3 is 5.32 Å². The van der Waals surface area contributed by atoms with Crippen molar-refractivity contribution in [3.8, 4) is 0 Å². The van der Waals surface area contributed by atoms with E-state index in [1.165, 1.54) is 35.6 Å². The Morgan fingerprint density at radius 3 is 3.00 bits per heavy atom. The van der Waals surface area contributed by atoms with Gasteiger partial charge in [0, 0.05) is 35.1 Å². The van der Waals surface area contributed by atoms with Gasteiger partial charge >= 0.3 is 0 Å². The van der Waals surface area contributed by atoms with Crippen LogP contribution in [0.3, 0.4) is 0 Å². The predicted octanol–water partition coefficient (Wildman–Crippen LogP) is 3.64. The van der Waals surface area contributed by atoms with Crippen molar-refractivity contribution in [2.45, 2.75) is 38.1 Å². The Bertz CT molecular complexity index is 356. The highest BCUT2D eigenvalue weighted by Gasteiger charge is 2.19. The summed E-state index contributed by atoms with van der Waals surface area (Å²) in [6.45, 7) is 5.15. The van der Waals surface area contributed by atoms with E-state index in [0.29, 0.717) is 11.6 Å². The van der Waals surface area contributed by atoms with E-state index in [1.54, 1.807) is 0 Å². The molecule has 1 aliphatic rings. The van der Waals surface area contributed by atoms with Crippen molar-refractivity contribution >= 4 is 22.9 Å². The van der Waals surface area contributed by atoms with E-state index in [-0.39, 0.29) is 0 Å². The summed E-state index contributed by atoms with van der Waals surface area (Å²) >= 11 is 7.52. The molecule has 0 amide bonds. The number of hydrogen-bond donors (Lipinski definition) is 1. The van der Waals surface area contributed by atoms with Gasteiger partial charge in [0.15, 0.2) is 0 Å². The first-order valence-electron chi connectivity index (χ1n) is 5.74. The van der Waals surface area contributed by atoms with Crippen molar-refractivity contribution in [3.05, 3.63) is 27.7 Å². The first-order valence-corrected chi connectivity index (χ1v) is 6.94. The maximum atomic E-state index is 5.68. The largest absolute Gasteiger partial charge is 0.307 e. The van der Waals surface area contributed by atoms with Gasteiger partial charge in [0.25, 0.3) is 0 Å². The van der Waals surface area contributed by atoms with Crippen LogP contribution < -0.4 is 5.32 Å². The molecule has 4 heteroatoms. The summed E-state index contributed by atoms with van der Waals surface area (Å²) in [7, 11) is 0. The number of thiazole rings is 1. The topological polar surface area (TPSA) is 24.9 Å². The van der Waals surface area contributed by atoms with Crippen LogP contribution in [0.15, 0.2) is 17.8 Å². The second-order valence-electron chi connectivity index (χ2n) is 4.27. The number of hydrogen-bond acceptors (Lipinski definition) is 3. The van der Waals surface area contributed by atoms with Gasteiger partial charge in [0.05, 0.1) is 5.01 Å². The Hall–Kier alpha value is -0.380. The van der Waals surface area contributed by atoms with Gasteiger partial charge in [0.1, 0.15) is 0 Å². The Kier molecular flexibility index (Phi) is 4.38. The van der Waals surface area contributed by atoms with Gasteiger partial charge in [0.2, 0.25) is 0 Å². The summed E-state index contributed by atoms with van der Waals surface area (Å²) in [6, 6.07) is 0. The predicted molar refractivity (Wildman–Crippen MR) is 70.0 cm³/mol. The lowest BCUT2D eigenvalue weighted by molar-refractivity contribution is 0.716. The molecule has 0 atom stereocenters. The normalized spacial score (nSPS) is 16.8. The van der Waals surface area contributed by atoms with Crippen LogP contribution in [0.5, 0.6) is 0 Å². The van der Waals surface area contributed by atoms with E-state index in [9.17, 15) is 0 Å². The third kappa shape index (κ3) is 3.30. The number of aromatic nitrogens is 1. The first-order chi connectivity index (χ1) is 7.75. The van der Waals surface area contributed by atoms with Crippen molar-refractivity contribution in [2.24, 2.45) is 0 Å². The maximum absolute atomic E-state index is 5.68. The summed E-state index contributed by atoms with van der Waals surface area (Å²) in [5.74, 6) is 0.724. The van der Waals surface area contributed by atoms with Crippen LogP contribution in [0.2, 0.25) is 0 Å². The molecule has 0 aliphatic heterocycles. The van der Waals surface area contributed by atoms with Crippen LogP contribution in [0, 0.1) is 0 Å². The van der Waals surface area contributed by atoms with Crippen molar-refractivity contribution in [1.29, 1.82) is 0 Å². The second-order valence-corrected chi connectivity index (χ2v) is 5.95. The molecule has 0 aromatic carbocycles. The zero-order chi connectivity index (χ0) is 11.4. The fourth-order valence-corrected chi connectivity index (χ4v) is 3.24. The molecule has 0 saturated heterocycles. The molecule has 16 heavy (non-hydrogen) atoms. The molecular weight excluding hydrogens is 240 g/mol. The molecule has 1 aromatic rings. The lowest BCUT2D eigenvalue weighted by Gasteiger charge is -2.02. The quantitative estimate of drug-likeness (QED) is 0.870. The van der Waals surface area contributed by atoms with Crippen molar-refractivity contribution in [1.82, 2.24) is 10.3 Å². The van der Waals surface area contributed by atoms with Gasteiger partial charge in [-0.3, -0.25) is 0 Å². The summed E-state index contributed by atoms with van der Waals surface area (Å²) in [5.41, 5.74) is 0. The molecule has 2 nitrogen and oxygen atoms in total. The van der Waals surface area contributed by atoms with Crippen molar-refractivity contribution in [2.75, 3.05) is 6.54 Å². The maximum Gasteiger partial charge on any atom is 0.0959 e. The van der Waals surface area contributed by atoms with E-state index < -0.39 is 0 Å². The van der Waals surface area contributed by atoms with E-state index >= 15 is 0 Å². The van der Waals surface area contributed by atoms with Gasteiger partial charge in [-0.05, 0) is 12.8 Å². The lowest BCUT2D eigenvalue weighted by atomic mass is 10.1. The molecule has 88 valence electrons. The summed E-state index contributed by atoms with van der Waals surface area (Å²) < 4.78 is 0. The molecule has 1 fully saturated rings. The van der Waals surface area contributed by atoms with Crippen molar-refractivity contribution < 1.29 is 0 Å². The first kappa shape index (κ1) is 12.1. The summed E-state index contributed by atoms with van der Waals surface area (Å²) in [6.07, 6.45) is 7.36. The van der Waals surface area contributed by atoms with Crippen LogP contribution >= 0.6 is 22.9 Å². The Morgan fingerprint density at radius 1 is 1.56 bits per heavy atom. The average molecular weight is 257 g/mol. The summed E-state index contributed by atoms with van der Waals surface area (Å²) in [4.78, 5) is 5.81. The SMILES string of the molecule is C=C(Cl)CNCc1cnc(C2CCCC2)s1. The Balaban J connectivity index is 1.84. The monoisotopic (exact) mass is 256 g/mol. The van der Waals surface area contributed by atoms with Crippen LogP contribution in [-0.2, 0) is 6.54 Å². The number of nitrogens with zero attached hydrogens (tertiary/aromatic N) is 1. The standard InChI is InChI=1S/C12H17ClN2S/c1-9(13)6-14-7-11-8-15-12(16-11)10-4-2-3-5-10/h8,10,14H,1-7H2. The second kappa shape index (κ2) is 5.80. The molecular formula is C12H17ClN2S. The Morgan fingerprint density at radius 2 is 2.31 bits per heavy atom. The minimum Gasteiger partial charge on any atom is -0.307 e. The number of halogens is 1. The van der Waals surface area contributed by atoms with Gasteiger partial charge in [-0.15, -0.1) is 11.3 Å². The van der Waals surface area contributed by atoms with E-state index in [2.05, 4.69) is 16.9 Å². The molecule has 1 heterocycles.